The van der Waals surface area contributed by atoms with Crippen LogP contribution in [0.3, 0.4) is 0 Å². The molecule has 0 bridgehead atoms. The van der Waals surface area contributed by atoms with Gasteiger partial charge in [-0.1, -0.05) is 52.4 Å². The molecule has 1 heteroatoms. The van der Waals surface area contributed by atoms with Crippen molar-refractivity contribution in [2.45, 2.75) is 71.3 Å². The monoisotopic (exact) mass is 184 g/mol. The average Bonchev–Trinajstić information content (AvgIpc) is 2.16. The van der Waals surface area contributed by atoms with Crippen LogP contribution in [0.5, 0.6) is 0 Å². The summed E-state index contributed by atoms with van der Waals surface area (Å²) in [6.07, 6.45) is 12.8. The SMILES string of the molecule is CCCCCCCC[CH]C(N)CC. The zero-order chi connectivity index (χ0) is 9.94. The standard InChI is InChI=1S/C12H26N/c1-3-5-6-7-8-9-10-11-12(13)4-2/h11-12H,3-10,13H2,1-2H3. The largest absolute Gasteiger partial charge is 0.327 e. The van der Waals surface area contributed by atoms with Gasteiger partial charge in [0, 0.05) is 6.04 Å². The van der Waals surface area contributed by atoms with Gasteiger partial charge in [-0.3, -0.25) is 0 Å². The lowest BCUT2D eigenvalue weighted by molar-refractivity contribution is 0.588. The van der Waals surface area contributed by atoms with Gasteiger partial charge in [-0.05, 0) is 19.3 Å². The molecule has 0 aliphatic heterocycles. The van der Waals surface area contributed by atoms with Crippen molar-refractivity contribution in [2.24, 2.45) is 5.73 Å². The summed E-state index contributed by atoms with van der Waals surface area (Å²) in [5.74, 6) is 0. The molecule has 13 heavy (non-hydrogen) atoms. The Balaban J connectivity index is 2.91. The molecule has 1 radical (unpaired) electrons. The minimum Gasteiger partial charge on any atom is -0.327 e. The Labute approximate surface area is 84.1 Å². The minimum atomic E-state index is 0.329. The molecule has 0 spiro atoms. The first kappa shape index (κ1) is 13.0. The van der Waals surface area contributed by atoms with Gasteiger partial charge in [-0.2, -0.15) is 0 Å². The summed E-state index contributed by atoms with van der Waals surface area (Å²) in [5, 5.41) is 0. The van der Waals surface area contributed by atoms with Gasteiger partial charge in [0.2, 0.25) is 0 Å². The van der Waals surface area contributed by atoms with E-state index >= 15 is 0 Å². The number of unbranched alkanes of at least 4 members (excludes halogenated alkanes) is 6. The molecule has 0 fully saturated rings. The van der Waals surface area contributed by atoms with E-state index in [0.29, 0.717) is 6.04 Å². The second-order valence-electron chi connectivity index (χ2n) is 3.86. The molecule has 0 amide bonds. The van der Waals surface area contributed by atoms with Crippen molar-refractivity contribution < 1.29 is 0 Å². The summed E-state index contributed by atoms with van der Waals surface area (Å²) >= 11 is 0. The molecular weight excluding hydrogens is 158 g/mol. The lowest BCUT2D eigenvalue weighted by Gasteiger charge is -2.06. The Morgan fingerprint density at radius 2 is 1.62 bits per heavy atom. The van der Waals surface area contributed by atoms with Crippen molar-refractivity contribution in [3.63, 3.8) is 0 Å². The molecular formula is C12H26N. The zero-order valence-electron chi connectivity index (χ0n) is 9.39. The molecule has 0 aliphatic rings. The van der Waals surface area contributed by atoms with Crippen LogP contribution in [0.25, 0.3) is 0 Å². The second-order valence-corrected chi connectivity index (χ2v) is 3.86. The average molecular weight is 184 g/mol. The molecule has 0 aromatic heterocycles. The summed E-state index contributed by atoms with van der Waals surface area (Å²) in [7, 11) is 0. The van der Waals surface area contributed by atoms with E-state index in [9.17, 15) is 0 Å². The molecule has 0 saturated carbocycles. The van der Waals surface area contributed by atoms with Gasteiger partial charge >= 0.3 is 0 Å². The Hall–Kier alpha value is -0.0400. The first-order chi connectivity index (χ1) is 6.31. The highest BCUT2D eigenvalue weighted by atomic mass is 14.6. The highest BCUT2D eigenvalue weighted by molar-refractivity contribution is 4.77. The maximum atomic E-state index is 5.78. The van der Waals surface area contributed by atoms with Crippen molar-refractivity contribution >= 4 is 0 Å². The van der Waals surface area contributed by atoms with Crippen LogP contribution < -0.4 is 5.73 Å². The second kappa shape index (κ2) is 10.0. The van der Waals surface area contributed by atoms with Gasteiger partial charge < -0.3 is 5.73 Å². The van der Waals surface area contributed by atoms with E-state index in [0.717, 1.165) is 6.42 Å². The number of hydrogen-bond donors (Lipinski definition) is 1. The van der Waals surface area contributed by atoms with Crippen LogP contribution >= 0.6 is 0 Å². The molecule has 1 nitrogen and oxygen atoms in total. The van der Waals surface area contributed by atoms with Gasteiger partial charge in [0.1, 0.15) is 0 Å². The Bertz CT molecular complexity index is 91.1. The smallest absolute Gasteiger partial charge is 0.00677 e. The van der Waals surface area contributed by atoms with Crippen LogP contribution in [-0.4, -0.2) is 6.04 Å². The van der Waals surface area contributed by atoms with Crippen molar-refractivity contribution in [1.29, 1.82) is 0 Å². The molecule has 0 aromatic carbocycles. The molecule has 1 unspecified atom stereocenters. The third kappa shape index (κ3) is 9.88. The van der Waals surface area contributed by atoms with Gasteiger partial charge in [0.25, 0.3) is 0 Å². The molecule has 0 aliphatic carbocycles. The van der Waals surface area contributed by atoms with Crippen LogP contribution in [0.1, 0.15) is 65.2 Å². The normalized spacial score (nSPS) is 13.2. The van der Waals surface area contributed by atoms with Gasteiger partial charge in [-0.15, -0.1) is 0 Å². The van der Waals surface area contributed by atoms with E-state index in [2.05, 4.69) is 20.3 Å². The lowest BCUT2D eigenvalue weighted by atomic mass is 10.0. The quantitative estimate of drug-likeness (QED) is 0.543. The Morgan fingerprint density at radius 1 is 1.00 bits per heavy atom. The van der Waals surface area contributed by atoms with Crippen molar-refractivity contribution in [1.82, 2.24) is 0 Å². The topological polar surface area (TPSA) is 26.0 Å². The van der Waals surface area contributed by atoms with Crippen LogP contribution in [0, 0.1) is 6.42 Å². The lowest BCUT2D eigenvalue weighted by Crippen LogP contribution is -2.18. The van der Waals surface area contributed by atoms with Gasteiger partial charge in [0.15, 0.2) is 0 Å². The summed E-state index contributed by atoms with van der Waals surface area (Å²) in [4.78, 5) is 0. The first-order valence-corrected chi connectivity index (χ1v) is 5.90. The fourth-order valence-corrected chi connectivity index (χ4v) is 1.42. The molecule has 2 N–H and O–H groups in total. The number of hydrogen-bond acceptors (Lipinski definition) is 1. The number of rotatable bonds is 9. The predicted octanol–water partition coefficient (Wildman–Crippen LogP) is 3.68. The van der Waals surface area contributed by atoms with E-state index in [1.807, 2.05) is 0 Å². The highest BCUT2D eigenvalue weighted by Gasteiger charge is 1.98. The van der Waals surface area contributed by atoms with Crippen LogP contribution in [0.15, 0.2) is 0 Å². The molecule has 79 valence electrons. The maximum absolute atomic E-state index is 5.78. The number of nitrogens with two attached hydrogens (primary N) is 1. The summed E-state index contributed by atoms with van der Waals surface area (Å²) in [5.41, 5.74) is 5.78. The van der Waals surface area contributed by atoms with E-state index in [-0.39, 0.29) is 0 Å². The van der Waals surface area contributed by atoms with Crippen LogP contribution in [0.4, 0.5) is 0 Å². The first-order valence-electron chi connectivity index (χ1n) is 5.90. The molecule has 1 atom stereocenters. The van der Waals surface area contributed by atoms with E-state index in [4.69, 9.17) is 5.73 Å². The third-order valence-corrected chi connectivity index (χ3v) is 2.50. The Morgan fingerprint density at radius 3 is 2.23 bits per heavy atom. The van der Waals surface area contributed by atoms with Crippen LogP contribution in [0.2, 0.25) is 0 Å². The van der Waals surface area contributed by atoms with E-state index in [1.165, 1.54) is 44.9 Å². The highest BCUT2D eigenvalue weighted by Crippen LogP contribution is 2.09. The fourth-order valence-electron chi connectivity index (χ4n) is 1.42. The molecule has 0 heterocycles. The molecule has 0 aromatic rings. The van der Waals surface area contributed by atoms with E-state index < -0.39 is 0 Å². The van der Waals surface area contributed by atoms with Crippen molar-refractivity contribution in [2.75, 3.05) is 0 Å². The van der Waals surface area contributed by atoms with Gasteiger partial charge in [-0.25, -0.2) is 0 Å². The Kier molecular flexibility index (Phi) is 10.0. The summed E-state index contributed by atoms with van der Waals surface area (Å²) < 4.78 is 0. The third-order valence-electron chi connectivity index (χ3n) is 2.50. The minimum absolute atomic E-state index is 0.329. The molecule has 0 saturated heterocycles. The van der Waals surface area contributed by atoms with E-state index in [1.54, 1.807) is 0 Å². The fraction of sp³-hybridized carbons (Fsp3) is 0.917. The zero-order valence-corrected chi connectivity index (χ0v) is 9.39. The maximum Gasteiger partial charge on any atom is 0.00677 e. The summed E-state index contributed by atoms with van der Waals surface area (Å²) in [6, 6.07) is 0.329. The van der Waals surface area contributed by atoms with Crippen molar-refractivity contribution in [3.8, 4) is 0 Å². The molecule has 0 rings (SSSR count). The summed E-state index contributed by atoms with van der Waals surface area (Å²) in [6.45, 7) is 4.40. The van der Waals surface area contributed by atoms with Crippen LogP contribution in [-0.2, 0) is 0 Å². The predicted molar refractivity (Wildman–Crippen MR) is 60.6 cm³/mol. The van der Waals surface area contributed by atoms with Gasteiger partial charge in [0.05, 0.1) is 0 Å². The van der Waals surface area contributed by atoms with Crippen molar-refractivity contribution in [3.05, 3.63) is 6.42 Å².